The normalized spacial score (nSPS) is 11.2. The summed E-state index contributed by atoms with van der Waals surface area (Å²) in [6.45, 7) is 0. The Hall–Kier alpha value is -3.48. The van der Waals surface area contributed by atoms with E-state index < -0.39 is 11.7 Å². The number of hydrogen-bond acceptors (Lipinski definition) is 4. The number of carbonyl (C=O) groups excluding carboxylic acids is 1. The standard InChI is InChI=1S/C17H12FN5O/c18-9-4-3-5-10(8-9)23-15(19)13(16(20)24)14-17(23)22-12-7-2-1-6-11(12)21-14/h1-8H,19H2,(H2,20,24). The highest BCUT2D eigenvalue weighted by Gasteiger charge is 2.23. The van der Waals surface area contributed by atoms with Gasteiger partial charge in [0.15, 0.2) is 5.65 Å². The number of amides is 1. The van der Waals surface area contributed by atoms with Crippen LogP contribution >= 0.6 is 0 Å². The summed E-state index contributed by atoms with van der Waals surface area (Å²) in [4.78, 5) is 20.9. The molecule has 0 unspecified atom stereocenters. The molecule has 0 aliphatic heterocycles. The van der Waals surface area contributed by atoms with Crippen LogP contribution in [0.2, 0.25) is 0 Å². The van der Waals surface area contributed by atoms with Crippen LogP contribution in [0.15, 0.2) is 48.5 Å². The predicted molar refractivity (Wildman–Crippen MR) is 89.3 cm³/mol. The highest BCUT2D eigenvalue weighted by atomic mass is 19.1. The van der Waals surface area contributed by atoms with Gasteiger partial charge in [-0.2, -0.15) is 0 Å². The number of hydrogen-bond donors (Lipinski definition) is 2. The summed E-state index contributed by atoms with van der Waals surface area (Å²) in [7, 11) is 0. The number of fused-ring (bicyclic) bond motifs is 2. The highest BCUT2D eigenvalue weighted by molar-refractivity contribution is 6.10. The Bertz CT molecular complexity index is 1120. The minimum absolute atomic E-state index is 0.0764. The third-order valence-electron chi connectivity index (χ3n) is 3.81. The molecular weight excluding hydrogens is 309 g/mol. The first kappa shape index (κ1) is 14.1. The van der Waals surface area contributed by atoms with E-state index >= 15 is 0 Å². The van der Waals surface area contributed by atoms with Crippen molar-refractivity contribution in [2.45, 2.75) is 0 Å². The number of halogens is 1. The molecule has 0 atom stereocenters. The van der Waals surface area contributed by atoms with Gasteiger partial charge in [0.25, 0.3) is 5.91 Å². The van der Waals surface area contributed by atoms with E-state index in [9.17, 15) is 9.18 Å². The molecule has 0 bridgehead atoms. The van der Waals surface area contributed by atoms with Crippen molar-refractivity contribution in [2.75, 3.05) is 5.73 Å². The van der Waals surface area contributed by atoms with Gasteiger partial charge >= 0.3 is 0 Å². The molecule has 24 heavy (non-hydrogen) atoms. The maximum absolute atomic E-state index is 13.6. The van der Waals surface area contributed by atoms with Crippen molar-refractivity contribution in [2.24, 2.45) is 5.73 Å². The Morgan fingerprint density at radius 1 is 1.04 bits per heavy atom. The van der Waals surface area contributed by atoms with E-state index in [1.54, 1.807) is 24.3 Å². The van der Waals surface area contributed by atoms with E-state index in [4.69, 9.17) is 11.5 Å². The topological polar surface area (TPSA) is 99.8 Å². The lowest BCUT2D eigenvalue weighted by Gasteiger charge is -2.07. The van der Waals surface area contributed by atoms with Crippen molar-refractivity contribution < 1.29 is 9.18 Å². The average molecular weight is 321 g/mol. The fraction of sp³-hybridized carbons (Fsp3) is 0. The molecule has 1 amide bonds. The molecule has 4 aromatic rings. The average Bonchev–Trinajstić information content (AvgIpc) is 2.83. The summed E-state index contributed by atoms with van der Waals surface area (Å²) in [5.41, 5.74) is 14.0. The molecule has 2 heterocycles. The van der Waals surface area contributed by atoms with Crippen LogP contribution in [0.4, 0.5) is 10.2 Å². The second-order valence-electron chi connectivity index (χ2n) is 5.32. The zero-order chi connectivity index (χ0) is 16.8. The fourth-order valence-electron chi connectivity index (χ4n) is 2.78. The van der Waals surface area contributed by atoms with E-state index in [0.717, 1.165) is 0 Å². The number of para-hydroxylation sites is 2. The molecule has 0 saturated heterocycles. The van der Waals surface area contributed by atoms with E-state index in [1.807, 2.05) is 12.1 Å². The minimum Gasteiger partial charge on any atom is -0.384 e. The molecule has 0 radical (unpaired) electrons. The van der Waals surface area contributed by atoms with Gasteiger partial charge in [-0.15, -0.1) is 0 Å². The fourth-order valence-corrected chi connectivity index (χ4v) is 2.78. The summed E-state index contributed by atoms with van der Waals surface area (Å²) in [5, 5.41) is 0. The summed E-state index contributed by atoms with van der Waals surface area (Å²) < 4.78 is 15.1. The van der Waals surface area contributed by atoms with Crippen LogP contribution in [0.1, 0.15) is 10.4 Å². The molecular formula is C17H12FN5O. The van der Waals surface area contributed by atoms with Crippen molar-refractivity contribution in [3.8, 4) is 5.69 Å². The monoisotopic (exact) mass is 321 g/mol. The molecule has 0 saturated carbocycles. The molecule has 0 spiro atoms. The number of nitrogens with zero attached hydrogens (tertiary/aromatic N) is 3. The van der Waals surface area contributed by atoms with Gasteiger partial charge in [0.1, 0.15) is 22.7 Å². The Kier molecular flexibility index (Phi) is 2.96. The van der Waals surface area contributed by atoms with Crippen molar-refractivity contribution in [3.05, 3.63) is 59.9 Å². The first-order chi connectivity index (χ1) is 11.6. The van der Waals surface area contributed by atoms with Crippen LogP contribution in [-0.2, 0) is 0 Å². The van der Waals surface area contributed by atoms with Crippen molar-refractivity contribution in [1.29, 1.82) is 0 Å². The summed E-state index contributed by atoms with van der Waals surface area (Å²) in [5.74, 6) is -1.06. The first-order valence-electron chi connectivity index (χ1n) is 7.18. The van der Waals surface area contributed by atoms with Crippen LogP contribution in [0.25, 0.3) is 27.9 Å². The third-order valence-corrected chi connectivity index (χ3v) is 3.81. The number of carbonyl (C=O) groups is 1. The smallest absolute Gasteiger partial charge is 0.254 e. The van der Waals surface area contributed by atoms with E-state index in [2.05, 4.69) is 9.97 Å². The number of benzene rings is 2. The van der Waals surface area contributed by atoms with Gasteiger partial charge in [-0.3, -0.25) is 9.36 Å². The molecule has 4 N–H and O–H groups in total. The van der Waals surface area contributed by atoms with Crippen LogP contribution in [-0.4, -0.2) is 20.4 Å². The maximum atomic E-state index is 13.6. The number of anilines is 1. The lowest BCUT2D eigenvalue weighted by atomic mass is 10.2. The number of primary amides is 1. The predicted octanol–water partition coefficient (Wildman–Crippen LogP) is 2.39. The molecule has 7 heteroatoms. The van der Waals surface area contributed by atoms with Gasteiger partial charge < -0.3 is 11.5 Å². The van der Waals surface area contributed by atoms with Gasteiger partial charge in [-0.1, -0.05) is 18.2 Å². The van der Waals surface area contributed by atoms with E-state index in [0.29, 0.717) is 27.9 Å². The van der Waals surface area contributed by atoms with Crippen LogP contribution in [0.5, 0.6) is 0 Å². The first-order valence-corrected chi connectivity index (χ1v) is 7.18. The second-order valence-corrected chi connectivity index (χ2v) is 5.32. The lowest BCUT2D eigenvalue weighted by molar-refractivity contribution is 0.100. The highest BCUT2D eigenvalue weighted by Crippen LogP contribution is 2.30. The molecule has 2 aromatic carbocycles. The Labute approximate surface area is 135 Å². The number of nitrogens with two attached hydrogens (primary N) is 2. The summed E-state index contributed by atoms with van der Waals surface area (Å²) >= 11 is 0. The van der Waals surface area contributed by atoms with E-state index in [1.165, 1.54) is 16.7 Å². The third kappa shape index (κ3) is 1.98. The van der Waals surface area contributed by atoms with Crippen molar-refractivity contribution in [3.63, 3.8) is 0 Å². The Morgan fingerprint density at radius 2 is 1.75 bits per heavy atom. The molecule has 4 rings (SSSR count). The maximum Gasteiger partial charge on any atom is 0.254 e. The Balaban J connectivity index is 2.18. The van der Waals surface area contributed by atoms with Gasteiger partial charge in [-0.25, -0.2) is 14.4 Å². The molecule has 2 aromatic heterocycles. The van der Waals surface area contributed by atoms with Gasteiger partial charge in [0.2, 0.25) is 0 Å². The number of rotatable bonds is 2. The number of aromatic nitrogens is 3. The molecule has 6 nitrogen and oxygen atoms in total. The zero-order valence-corrected chi connectivity index (χ0v) is 12.4. The Morgan fingerprint density at radius 3 is 2.42 bits per heavy atom. The number of nitrogen functional groups attached to an aromatic ring is 1. The molecule has 0 fully saturated rings. The second kappa shape index (κ2) is 5.02. The largest absolute Gasteiger partial charge is 0.384 e. The quantitative estimate of drug-likeness (QED) is 0.592. The van der Waals surface area contributed by atoms with Gasteiger partial charge in [-0.05, 0) is 30.3 Å². The van der Waals surface area contributed by atoms with Crippen molar-refractivity contribution in [1.82, 2.24) is 14.5 Å². The SMILES string of the molecule is NC(=O)c1c(N)n(-c2cccc(F)c2)c2nc3ccccc3nc12. The van der Waals surface area contributed by atoms with E-state index in [-0.39, 0.29) is 11.4 Å². The van der Waals surface area contributed by atoms with Gasteiger partial charge in [0, 0.05) is 0 Å². The molecule has 0 aliphatic carbocycles. The van der Waals surface area contributed by atoms with Crippen LogP contribution in [0, 0.1) is 5.82 Å². The lowest BCUT2D eigenvalue weighted by Crippen LogP contribution is -2.13. The molecule has 118 valence electrons. The molecule has 0 aliphatic rings. The zero-order valence-electron chi connectivity index (χ0n) is 12.4. The van der Waals surface area contributed by atoms with Gasteiger partial charge in [0.05, 0.1) is 16.7 Å². The summed E-state index contributed by atoms with van der Waals surface area (Å²) in [6, 6.07) is 13.1. The summed E-state index contributed by atoms with van der Waals surface area (Å²) in [6.07, 6.45) is 0. The van der Waals surface area contributed by atoms with Crippen LogP contribution < -0.4 is 11.5 Å². The van der Waals surface area contributed by atoms with Crippen molar-refractivity contribution >= 4 is 33.9 Å². The van der Waals surface area contributed by atoms with Crippen LogP contribution in [0.3, 0.4) is 0 Å². The minimum atomic E-state index is -0.711.